The van der Waals surface area contributed by atoms with Crippen molar-refractivity contribution >= 4 is 23.8 Å². The first kappa shape index (κ1) is 14.5. The third kappa shape index (κ3) is 3.55. The number of aliphatic carboxylic acids is 1. The van der Waals surface area contributed by atoms with Crippen molar-refractivity contribution in [3.8, 4) is 0 Å². The van der Waals surface area contributed by atoms with Crippen LogP contribution < -0.4 is 5.32 Å². The second-order valence-electron chi connectivity index (χ2n) is 5.83. The maximum Gasteiger partial charge on any atom is 0.317 e. The minimum Gasteiger partial charge on any atom is -0.481 e. The predicted molar refractivity (Wildman–Crippen MR) is 75.4 cm³/mol. The number of carbonyl (C=O) groups excluding carboxylic acids is 1. The lowest BCUT2D eigenvalue weighted by atomic mass is 9.91. The maximum absolute atomic E-state index is 12.1. The fourth-order valence-corrected chi connectivity index (χ4v) is 3.36. The van der Waals surface area contributed by atoms with Gasteiger partial charge < -0.3 is 15.3 Å². The van der Waals surface area contributed by atoms with Gasteiger partial charge in [0.05, 0.1) is 5.92 Å². The van der Waals surface area contributed by atoms with Gasteiger partial charge in [0.15, 0.2) is 0 Å². The van der Waals surface area contributed by atoms with Crippen LogP contribution >= 0.6 is 11.8 Å². The molecule has 0 bridgehead atoms. The van der Waals surface area contributed by atoms with Crippen molar-refractivity contribution in [1.29, 1.82) is 0 Å². The number of thioether (sulfide) groups is 1. The zero-order valence-electron chi connectivity index (χ0n) is 11.5. The second-order valence-corrected chi connectivity index (χ2v) is 7.10. The van der Waals surface area contributed by atoms with Crippen molar-refractivity contribution in [2.24, 2.45) is 11.8 Å². The van der Waals surface area contributed by atoms with Crippen LogP contribution in [-0.4, -0.2) is 52.6 Å². The fourth-order valence-electron chi connectivity index (χ4n) is 2.64. The molecule has 0 aromatic carbocycles. The molecule has 2 aliphatic rings. The minimum atomic E-state index is -0.799. The fraction of sp³-hybridized carbons (Fsp3) is 0.846. The average Bonchev–Trinajstić information content (AvgIpc) is 3.16. The Balaban J connectivity index is 1.85. The topological polar surface area (TPSA) is 69.6 Å². The molecule has 2 atom stereocenters. The van der Waals surface area contributed by atoms with Gasteiger partial charge in [-0.2, -0.15) is 11.8 Å². The average molecular weight is 286 g/mol. The van der Waals surface area contributed by atoms with Gasteiger partial charge in [0.25, 0.3) is 0 Å². The van der Waals surface area contributed by atoms with Crippen LogP contribution in [0.15, 0.2) is 0 Å². The minimum absolute atomic E-state index is 0.113. The summed E-state index contributed by atoms with van der Waals surface area (Å²) in [5.74, 6) is -0.979. The molecular weight excluding hydrogens is 264 g/mol. The van der Waals surface area contributed by atoms with Crippen molar-refractivity contribution in [3.63, 3.8) is 0 Å². The molecule has 6 heteroatoms. The number of carboxylic acids is 1. The van der Waals surface area contributed by atoms with Crippen LogP contribution in [0.4, 0.5) is 4.79 Å². The lowest BCUT2D eigenvalue weighted by molar-refractivity contribution is -0.143. The first-order valence-corrected chi connectivity index (χ1v) is 7.99. The van der Waals surface area contributed by atoms with Gasteiger partial charge in [-0.25, -0.2) is 4.79 Å². The number of hydrogen-bond donors (Lipinski definition) is 2. The van der Waals surface area contributed by atoms with Crippen LogP contribution in [0.2, 0.25) is 0 Å². The van der Waals surface area contributed by atoms with E-state index >= 15 is 0 Å². The number of hydrogen-bond acceptors (Lipinski definition) is 3. The standard InChI is InChI=1S/C13H22N2O3S/c1-9-5-10(11(16)17)7-15(6-9)12(18)14-8-13(19-2)3-4-13/h9-10H,3-8H2,1-2H3,(H,14,18)(H,16,17). The van der Waals surface area contributed by atoms with E-state index in [9.17, 15) is 9.59 Å². The summed E-state index contributed by atoms with van der Waals surface area (Å²) in [7, 11) is 0. The molecule has 19 heavy (non-hydrogen) atoms. The molecule has 1 aliphatic heterocycles. The molecule has 1 aliphatic carbocycles. The number of nitrogens with one attached hydrogen (secondary N) is 1. The third-order valence-electron chi connectivity index (χ3n) is 4.10. The van der Waals surface area contributed by atoms with Gasteiger partial charge in [0, 0.05) is 24.4 Å². The molecule has 108 valence electrons. The van der Waals surface area contributed by atoms with E-state index in [1.54, 1.807) is 16.7 Å². The summed E-state index contributed by atoms with van der Waals surface area (Å²) < 4.78 is 0.239. The Labute approximate surface area is 118 Å². The monoisotopic (exact) mass is 286 g/mol. The number of likely N-dealkylation sites (tertiary alicyclic amines) is 1. The Morgan fingerprint density at radius 1 is 1.42 bits per heavy atom. The summed E-state index contributed by atoms with van der Waals surface area (Å²) in [6, 6.07) is -0.113. The quantitative estimate of drug-likeness (QED) is 0.824. The Morgan fingerprint density at radius 2 is 2.11 bits per heavy atom. The van der Waals surface area contributed by atoms with Crippen molar-refractivity contribution in [2.45, 2.75) is 30.9 Å². The highest BCUT2D eigenvalue weighted by atomic mass is 32.2. The Morgan fingerprint density at radius 3 is 2.63 bits per heavy atom. The van der Waals surface area contributed by atoms with E-state index in [0.29, 0.717) is 26.1 Å². The van der Waals surface area contributed by atoms with E-state index in [1.807, 2.05) is 6.92 Å². The van der Waals surface area contributed by atoms with Crippen molar-refractivity contribution in [2.75, 3.05) is 25.9 Å². The normalized spacial score (nSPS) is 28.8. The van der Waals surface area contributed by atoms with Crippen molar-refractivity contribution in [1.82, 2.24) is 10.2 Å². The summed E-state index contributed by atoms with van der Waals surface area (Å²) >= 11 is 1.81. The molecule has 0 radical (unpaired) electrons. The van der Waals surface area contributed by atoms with Crippen molar-refractivity contribution < 1.29 is 14.7 Å². The molecule has 0 spiro atoms. The first-order valence-electron chi connectivity index (χ1n) is 6.76. The molecule has 2 rings (SSSR count). The molecule has 5 nitrogen and oxygen atoms in total. The van der Waals surface area contributed by atoms with Gasteiger partial charge in [0.1, 0.15) is 0 Å². The molecule has 1 saturated carbocycles. The molecule has 1 heterocycles. The van der Waals surface area contributed by atoms with Crippen LogP contribution in [0.25, 0.3) is 0 Å². The number of nitrogens with zero attached hydrogens (tertiary/aromatic N) is 1. The van der Waals surface area contributed by atoms with E-state index in [2.05, 4.69) is 11.6 Å². The van der Waals surface area contributed by atoms with Crippen LogP contribution in [0.5, 0.6) is 0 Å². The van der Waals surface area contributed by atoms with Gasteiger partial charge in [-0.05, 0) is 31.4 Å². The molecule has 0 aromatic rings. The highest BCUT2D eigenvalue weighted by Crippen LogP contribution is 2.46. The van der Waals surface area contributed by atoms with E-state index in [0.717, 1.165) is 12.8 Å². The summed E-state index contributed by atoms with van der Waals surface area (Å²) in [5, 5.41) is 12.1. The highest BCUT2D eigenvalue weighted by Gasteiger charge is 2.42. The molecular formula is C13H22N2O3S. The molecule has 0 aromatic heterocycles. The lowest BCUT2D eigenvalue weighted by Crippen LogP contribution is -2.50. The molecule has 2 N–H and O–H groups in total. The van der Waals surface area contributed by atoms with Gasteiger partial charge in [-0.1, -0.05) is 6.92 Å². The molecule has 2 amide bonds. The van der Waals surface area contributed by atoms with Gasteiger partial charge in [0.2, 0.25) is 0 Å². The van der Waals surface area contributed by atoms with Crippen LogP contribution in [0, 0.1) is 11.8 Å². The second kappa shape index (κ2) is 5.61. The predicted octanol–water partition coefficient (Wildman–Crippen LogP) is 1.63. The Hall–Kier alpha value is -0.910. The first-order chi connectivity index (χ1) is 8.96. The number of rotatable bonds is 4. The van der Waals surface area contributed by atoms with E-state index in [4.69, 9.17) is 5.11 Å². The summed E-state index contributed by atoms with van der Waals surface area (Å²) in [6.07, 6.45) is 5.04. The summed E-state index contributed by atoms with van der Waals surface area (Å²) in [4.78, 5) is 24.9. The Bertz CT molecular complexity index is 371. The molecule has 2 unspecified atom stereocenters. The maximum atomic E-state index is 12.1. The zero-order chi connectivity index (χ0) is 14.0. The molecule has 1 saturated heterocycles. The smallest absolute Gasteiger partial charge is 0.317 e. The van der Waals surface area contributed by atoms with Crippen LogP contribution in [-0.2, 0) is 4.79 Å². The third-order valence-corrected chi connectivity index (χ3v) is 5.52. The highest BCUT2D eigenvalue weighted by molar-refractivity contribution is 8.00. The van der Waals surface area contributed by atoms with Gasteiger partial charge in [-0.3, -0.25) is 4.79 Å². The largest absolute Gasteiger partial charge is 0.481 e. The number of amides is 2. The number of urea groups is 1. The summed E-state index contributed by atoms with van der Waals surface area (Å²) in [6.45, 7) is 3.68. The number of carboxylic acid groups (broad SMARTS) is 1. The van der Waals surface area contributed by atoms with Crippen LogP contribution in [0.3, 0.4) is 0 Å². The Kier molecular flexibility index (Phi) is 4.28. The van der Waals surface area contributed by atoms with Crippen LogP contribution in [0.1, 0.15) is 26.2 Å². The van der Waals surface area contributed by atoms with Gasteiger partial charge in [-0.15, -0.1) is 0 Å². The van der Waals surface area contributed by atoms with Crippen molar-refractivity contribution in [3.05, 3.63) is 0 Å². The van der Waals surface area contributed by atoms with E-state index < -0.39 is 11.9 Å². The molecule has 2 fully saturated rings. The lowest BCUT2D eigenvalue weighted by Gasteiger charge is -2.34. The number of carbonyl (C=O) groups is 2. The zero-order valence-corrected chi connectivity index (χ0v) is 12.3. The summed E-state index contributed by atoms with van der Waals surface area (Å²) in [5.41, 5.74) is 0. The van der Waals surface area contributed by atoms with E-state index in [-0.39, 0.29) is 16.7 Å². The van der Waals surface area contributed by atoms with E-state index in [1.165, 1.54) is 0 Å². The number of piperidine rings is 1. The SMILES string of the molecule is CSC1(CNC(=O)N2CC(C)CC(C(=O)O)C2)CC1. The van der Waals surface area contributed by atoms with Gasteiger partial charge >= 0.3 is 12.0 Å².